The smallest absolute Gasteiger partial charge is 0.255 e. The third-order valence-corrected chi connectivity index (χ3v) is 7.20. The van der Waals surface area contributed by atoms with Crippen molar-refractivity contribution in [2.24, 2.45) is 5.92 Å². The Kier molecular flexibility index (Phi) is 5.36. The Bertz CT molecular complexity index is 707. The highest BCUT2D eigenvalue weighted by Crippen LogP contribution is 2.41. The molecule has 3 fully saturated rings. The van der Waals surface area contributed by atoms with Crippen LogP contribution in [0.2, 0.25) is 5.02 Å². The number of benzene rings is 1. The van der Waals surface area contributed by atoms with E-state index in [4.69, 9.17) is 16.3 Å². The second-order valence-corrected chi connectivity index (χ2v) is 8.70. The van der Waals surface area contributed by atoms with E-state index in [0.29, 0.717) is 41.4 Å². The van der Waals surface area contributed by atoms with Gasteiger partial charge in [-0.2, -0.15) is 0 Å². The van der Waals surface area contributed by atoms with E-state index in [-0.39, 0.29) is 5.91 Å². The summed E-state index contributed by atoms with van der Waals surface area (Å²) in [7, 11) is 1.56. The molecule has 2 unspecified atom stereocenters. The molecule has 1 amide bonds. The lowest BCUT2D eigenvalue weighted by Crippen LogP contribution is -2.63. The van der Waals surface area contributed by atoms with Gasteiger partial charge in [0.15, 0.2) is 0 Å². The number of piperazine rings is 1. The summed E-state index contributed by atoms with van der Waals surface area (Å²) >= 11 is 6.35. The highest BCUT2D eigenvalue weighted by molar-refractivity contribution is 6.35. The van der Waals surface area contributed by atoms with E-state index in [1.807, 2.05) is 4.90 Å². The molecule has 1 aromatic carbocycles. The monoisotopic (exact) mass is 392 g/mol. The number of fused-ring (bicyclic) bond motifs is 1. The predicted molar refractivity (Wildman–Crippen MR) is 105 cm³/mol. The first-order valence-electron chi connectivity index (χ1n) is 10.1. The molecule has 2 atom stereocenters. The van der Waals surface area contributed by atoms with E-state index in [1.165, 1.54) is 12.8 Å². The summed E-state index contributed by atoms with van der Waals surface area (Å²) in [5, 5.41) is 11.6. The fourth-order valence-electron chi connectivity index (χ4n) is 5.21. The number of nitrogens with zero attached hydrogens (tertiary/aromatic N) is 2. The molecule has 2 heterocycles. The Morgan fingerprint density at radius 2 is 2.04 bits per heavy atom. The summed E-state index contributed by atoms with van der Waals surface area (Å²) in [6, 6.07) is 5.66. The number of hydrogen-bond donors (Lipinski definition) is 1. The van der Waals surface area contributed by atoms with Crippen LogP contribution in [0.5, 0.6) is 5.75 Å². The molecule has 3 aliphatic rings. The first kappa shape index (κ1) is 19.0. The molecule has 2 aliphatic heterocycles. The summed E-state index contributed by atoms with van der Waals surface area (Å²) in [5.41, 5.74) is -0.0299. The number of piperidine rings is 1. The average molecular weight is 393 g/mol. The van der Waals surface area contributed by atoms with Gasteiger partial charge in [-0.3, -0.25) is 9.69 Å². The van der Waals surface area contributed by atoms with Gasteiger partial charge in [-0.25, -0.2) is 0 Å². The number of methoxy groups -OCH3 is 1. The largest absolute Gasteiger partial charge is 0.495 e. The maximum Gasteiger partial charge on any atom is 0.255 e. The highest BCUT2D eigenvalue weighted by Gasteiger charge is 2.46. The van der Waals surface area contributed by atoms with Crippen LogP contribution in [0.25, 0.3) is 0 Å². The zero-order valence-electron chi connectivity index (χ0n) is 16.0. The Hall–Kier alpha value is -1.30. The molecule has 4 rings (SSSR count). The minimum Gasteiger partial charge on any atom is -0.495 e. The van der Waals surface area contributed by atoms with Crippen LogP contribution in [0.4, 0.5) is 0 Å². The van der Waals surface area contributed by atoms with E-state index in [9.17, 15) is 9.90 Å². The molecule has 6 heteroatoms. The van der Waals surface area contributed by atoms with Gasteiger partial charge in [0.25, 0.3) is 5.91 Å². The quantitative estimate of drug-likeness (QED) is 0.858. The number of rotatable bonds is 3. The third kappa shape index (κ3) is 3.57. The van der Waals surface area contributed by atoms with Crippen molar-refractivity contribution in [2.45, 2.75) is 50.2 Å². The van der Waals surface area contributed by atoms with Crippen molar-refractivity contribution in [1.29, 1.82) is 0 Å². The third-order valence-electron chi connectivity index (χ3n) is 6.81. The van der Waals surface area contributed by atoms with Crippen molar-refractivity contribution in [1.82, 2.24) is 9.80 Å². The molecule has 0 aromatic heterocycles. The summed E-state index contributed by atoms with van der Waals surface area (Å²) in [6.07, 6.45) is 6.62. The van der Waals surface area contributed by atoms with Crippen molar-refractivity contribution in [3.05, 3.63) is 28.8 Å². The topological polar surface area (TPSA) is 53.0 Å². The van der Waals surface area contributed by atoms with E-state index in [1.54, 1.807) is 25.3 Å². The molecule has 0 radical (unpaired) electrons. The molecule has 2 saturated heterocycles. The maximum atomic E-state index is 13.0. The zero-order chi connectivity index (χ0) is 19.0. The van der Waals surface area contributed by atoms with E-state index in [2.05, 4.69) is 4.90 Å². The number of hydrogen-bond acceptors (Lipinski definition) is 4. The number of carbonyl (C=O) groups excluding carboxylic acids is 1. The predicted octanol–water partition coefficient (Wildman–Crippen LogP) is 3.19. The molecule has 27 heavy (non-hydrogen) atoms. The van der Waals surface area contributed by atoms with Crippen molar-refractivity contribution in [3.63, 3.8) is 0 Å². The Balaban J connectivity index is 1.43. The van der Waals surface area contributed by atoms with Crippen LogP contribution >= 0.6 is 11.6 Å². The van der Waals surface area contributed by atoms with Crippen LogP contribution in [-0.2, 0) is 0 Å². The van der Waals surface area contributed by atoms with Gasteiger partial charge in [0.2, 0.25) is 0 Å². The van der Waals surface area contributed by atoms with Gasteiger partial charge in [0.05, 0.1) is 23.3 Å². The Morgan fingerprint density at radius 1 is 1.26 bits per heavy atom. The molecule has 1 aliphatic carbocycles. The van der Waals surface area contributed by atoms with Crippen LogP contribution in [0.1, 0.15) is 48.9 Å². The van der Waals surface area contributed by atoms with Crippen LogP contribution in [-0.4, -0.2) is 65.7 Å². The minimum atomic E-state index is -0.532. The van der Waals surface area contributed by atoms with Gasteiger partial charge in [0.1, 0.15) is 5.75 Å². The lowest BCUT2D eigenvalue weighted by molar-refractivity contribution is -0.101. The molecule has 0 bridgehead atoms. The Morgan fingerprint density at radius 3 is 2.78 bits per heavy atom. The van der Waals surface area contributed by atoms with Gasteiger partial charge in [0, 0.05) is 32.2 Å². The number of aliphatic hydroxyl groups is 1. The van der Waals surface area contributed by atoms with Gasteiger partial charge in [-0.05, 0) is 43.7 Å². The summed E-state index contributed by atoms with van der Waals surface area (Å²) in [5.74, 6) is 0.948. The zero-order valence-corrected chi connectivity index (χ0v) is 16.7. The molecular formula is C21H29ClN2O3. The summed E-state index contributed by atoms with van der Waals surface area (Å²) in [6.45, 7) is 2.94. The lowest BCUT2D eigenvalue weighted by atomic mass is 9.77. The van der Waals surface area contributed by atoms with Crippen LogP contribution in [0.15, 0.2) is 18.2 Å². The van der Waals surface area contributed by atoms with Crippen LogP contribution in [0, 0.1) is 5.92 Å². The van der Waals surface area contributed by atoms with Crippen molar-refractivity contribution in [2.75, 3.05) is 33.3 Å². The number of ether oxygens (including phenoxy) is 1. The Labute approximate surface area is 166 Å². The van der Waals surface area contributed by atoms with Crippen LogP contribution in [0.3, 0.4) is 0 Å². The second-order valence-electron chi connectivity index (χ2n) is 8.32. The fraction of sp³-hybridized carbons (Fsp3) is 0.667. The van der Waals surface area contributed by atoms with Crippen molar-refractivity contribution in [3.8, 4) is 5.75 Å². The summed E-state index contributed by atoms with van der Waals surface area (Å²) < 4.78 is 5.24. The minimum absolute atomic E-state index is 0.0322. The van der Waals surface area contributed by atoms with Gasteiger partial charge in [-0.1, -0.05) is 30.5 Å². The van der Waals surface area contributed by atoms with Gasteiger partial charge < -0.3 is 14.7 Å². The van der Waals surface area contributed by atoms with E-state index >= 15 is 0 Å². The average Bonchev–Trinajstić information content (AvgIpc) is 3.23. The number of halogens is 1. The molecule has 0 spiro atoms. The van der Waals surface area contributed by atoms with Gasteiger partial charge in [-0.15, -0.1) is 0 Å². The SMILES string of the molecule is COc1cccc(C(=O)N2CCN3CC(O)(C4CCCC4)CCC3C2)c1Cl. The lowest BCUT2D eigenvalue weighted by Gasteiger charge is -2.51. The van der Waals surface area contributed by atoms with Crippen LogP contribution < -0.4 is 4.74 Å². The second kappa shape index (κ2) is 7.61. The first-order valence-corrected chi connectivity index (χ1v) is 10.5. The van der Waals surface area contributed by atoms with Crippen molar-refractivity contribution < 1.29 is 14.6 Å². The molecule has 148 valence electrons. The normalized spacial score (nSPS) is 29.6. The number of amides is 1. The summed E-state index contributed by atoms with van der Waals surface area (Å²) in [4.78, 5) is 17.3. The van der Waals surface area contributed by atoms with E-state index in [0.717, 1.165) is 38.8 Å². The van der Waals surface area contributed by atoms with Crippen molar-refractivity contribution >= 4 is 17.5 Å². The molecule has 1 N–H and O–H groups in total. The number of carbonyl (C=O) groups is 1. The van der Waals surface area contributed by atoms with E-state index < -0.39 is 5.60 Å². The van der Waals surface area contributed by atoms with Gasteiger partial charge >= 0.3 is 0 Å². The molecule has 1 aromatic rings. The molecular weight excluding hydrogens is 364 g/mol. The highest BCUT2D eigenvalue weighted by atomic mass is 35.5. The standard InChI is InChI=1S/C21H29ClN2O3/c1-27-18-8-4-7-17(19(18)22)20(25)23-11-12-24-14-21(26,10-9-16(24)13-23)15-5-2-3-6-15/h4,7-8,15-16,26H,2-3,5-6,9-14H2,1H3. The molecule has 1 saturated carbocycles. The fourth-order valence-corrected chi connectivity index (χ4v) is 5.49. The molecule has 5 nitrogen and oxygen atoms in total. The maximum absolute atomic E-state index is 13.0. The first-order chi connectivity index (χ1) is 13.0.